The minimum absolute atomic E-state index is 0.0194. The third-order valence-electron chi connectivity index (χ3n) is 3.96. The average molecular weight is 305 g/mol. The largest absolute Gasteiger partial charge is 0.507 e. The lowest BCUT2D eigenvalue weighted by molar-refractivity contribution is 0.0782. The summed E-state index contributed by atoms with van der Waals surface area (Å²) >= 11 is 0. The summed E-state index contributed by atoms with van der Waals surface area (Å²) in [7, 11) is 1.75. The van der Waals surface area contributed by atoms with Crippen LogP contribution in [0.4, 0.5) is 0 Å². The van der Waals surface area contributed by atoms with Crippen molar-refractivity contribution in [1.29, 1.82) is 0 Å². The minimum Gasteiger partial charge on any atom is -0.507 e. The van der Waals surface area contributed by atoms with Gasteiger partial charge in [0.05, 0.1) is 5.56 Å². The number of aryl methyl sites for hydroxylation is 1. The highest BCUT2D eigenvalue weighted by Crippen LogP contribution is 2.21. The summed E-state index contributed by atoms with van der Waals surface area (Å²) < 4.78 is 0. The van der Waals surface area contributed by atoms with Crippen molar-refractivity contribution in [3.8, 4) is 5.75 Å². The number of hydrogen-bond acceptors (Lipinski definition) is 2. The zero-order valence-corrected chi connectivity index (χ0v) is 13.3. The van der Waals surface area contributed by atoms with Crippen LogP contribution in [0.5, 0.6) is 5.75 Å². The number of rotatable bonds is 3. The summed E-state index contributed by atoms with van der Waals surface area (Å²) in [5, 5.41) is 12.3. The normalized spacial score (nSPS) is 10.7. The molecule has 0 aliphatic heterocycles. The standard InChI is InChI=1S/C20H19NO2/c1-14-7-10-19(22)18(11-14)20(23)21(2)13-15-8-9-16-5-3-4-6-17(16)12-15/h3-12,22H,13H2,1-2H3. The molecule has 0 radical (unpaired) electrons. The smallest absolute Gasteiger partial charge is 0.257 e. The van der Waals surface area contributed by atoms with Crippen molar-refractivity contribution in [3.05, 3.63) is 77.4 Å². The molecule has 23 heavy (non-hydrogen) atoms. The van der Waals surface area contributed by atoms with Gasteiger partial charge in [0.25, 0.3) is 5.91 Å². The van der Waals surface area contributed by atoms with Gasteiger partial charge in [-0.1, -0.05) is 48.0 Å². The van der Waals surface area contributed by atoms with E-state index in [0.29, 0.717) is 12.1 Å². The number of carbonyl (C=O) groups is 1. The van der Waals surface area contributed by atoms with Gasteiger partial charge in [0.15, 0.2) is 0 Å². The van der Waals surface area contributed by atoms with Crippen molar-refractivity contribution >= 4 is 16.7 Å². The zero-order chi connectivity index (χ0) is 16.4. The van der Waals surface area contributed by atoms with E-state index in [0.717, 1.165) is 16.5 Å². The first kappa shape index (κ1) is 15.1. The van der Waals surface area contributed by atoms with E-state index in [4.69, 9.17) is 0 Å². The SMILES string of the molecule is Cc1ccc(O)c(C(=O)N(C)Cc2ccc3ccccc3c2)c1. The predicted molar refractivity (Wildman–Crippen MR) is 92.6 cm³/mol. The summed E-state index contributed by atoms with van der Waals surface area (Å²) in [5.74, 6) is -0.162. The van der Waals surface area contributed by atoms with Crippen LogP contribution in [0.3, 0.4) is 0 Å². The number of carbonyl (C=O) groups excluding carboxylic acids is 1. The summed E-state index contributed by atoms with van der Waals surface area (Å²) in [6.45, 7) is 2.40. The second kappa shape index (κ2) is 6.13. The first-order chi connectivity index (χ1) is 11.0. The lowest BCUT2D eigenvalue weighted by Crippen LogP contribution is -2.26. The molecule has 0 heterocycles. The number of phenols is 1. The van der Waals surface area contributed by atoms with Gasteiger partial charge < -0.3 is 10.0 Å². The maximum atomic E-state index is 12.6. The number of aromatic hydroxyl groups is 1. The minimum atomic E-state index is -0.181. The lowest BCUT2D eigenvalue weighted by atomic mass is 10.1. The second-order valence-corrected chi connectivity index (χ2v) is 5.86. The first-order valence-electron chi connectivity index (χ1n) is 7.57. The quantitative estimate of drug-likeness (QED) is 0.790. The van der Waals surface area contributed by atoms with Crippen molar-refractivity contribution in [2.75, 3.05) is 7.05 Å². The van der Waals surface area contributed by atoms with Gasteiger partial charge in [-0.25, -0.2) is 0 Å². The molecule has 0 aliphatic rings. The number of amides is 1. The highest BCUT2D eigenvalue weighted by atomic mass is 16.3. The maximum absolute atomic E-state index is 12.6. The number of hydrogen-bond donors (Lipinski definition) is 1. The molecule has 116 valence electrons. The van der Waals surface area contributed by atoms with Gasteiger partial charge >= 0.3 is 0 Å². The van der Waals surface area contributed by atoms with Crippen LogP contribution >= 0.6 is 0 Å². The molecule has 0 unspecified atom stereocenters. The Labute approximate surface area is 135 Å². The van der Waals surface area contributed by atoms with E-state index in [1.54, 1.807) is 30.1 Å². The molecule has 0 aromatic heterocycles. The highest BCUT2D eigenvalue weighted by molar-refractivity contribution is 5.96. The van der Waals surface area contributed by atoms with Crippen LogP contribution in [0, 0.1) is 6.92 Å². The van der Waals surface area contributed by atoms with Gasteiger partial charge in [0.1, 0.15) is 5.75 Å². The third-order valence-corrected chi connectivity index (χ3v) is 3.96. The van der Waals surface area contributed by atoms with E-state index in [9.17, 15) is 9.90 Å². The number of benzene rings is 3. The van der Waals surface area contributed by atoms with E-state index in [1.807, 2.05) is 25.1 Å². The van der Waals surface area contributed by atoms with E-state index in [-0.39, 0.29) is 11.7 Å². The van der Waals surface area contributed by atoms with Gasteiger partial charge in [-0.15, -0.1) is 0 Å². The Kier molecular flexibility index (Phi) is 4.02. The Morgan fingerprint density at radius 2 is 1.74 bits per heavy atom. The van der Waals surface area contributed by atoms with Crippen molar-refractivity contribution in [1.82, 2.24) is 4.90 Å². The molecule has 1 N–H and O–H groups in total. The Morgan fingerprint density at radius 3 is 2.52 bits per heavy atom. The summed E-state index contributed by atoms with van der Waals surface area (Å²) in [6.07, 6.45) is 0. The Bertz CT molecular complexity index is 870. The molecule has 3 aromatic carbocycles. The van der Waals surface area contributed by atoms with Gasteiger partial charge in [-0.3, -0.25) is 4.79 Å². The predicted octanol–water partition coefficient (Wildman–Crippen LogP) is 4.13. The van der Waals surface area contributed by atoms with Crippen molar-refractivity contribution in [3.63, 3.8) is 0 Å². The Morgan fingerprint density at radius 1 is 1.00 bits per heavy atom. The molecule has 0 spiro atoms. The third kappa shape index (κ3) is 3.19. The van der Waals surface area contributed by atoms with Crippen LogP contribution in [0.25, 0.3) is 10.8 Å². The summed E-state index contributed by atoms with van der Waals surface area (Å²) in [6, 6.07) is 19.4. The van der Waals surface area contributed by atoms with E-state index >= 15 is 0 Å². The molecular formula is C20H19NO2. The monoisotopic (exact) mass is 305 g/mol. The fourth-order valence-electron chi connectivity index (χ4n) is 2.71. The van der Waals surface area contributed by atoms with Crippen molar-refractivity contribution < 1.29 is 9.90 Å². The van der Waals surface area contributed by atoms with Gasteiger partial charge in [-0.2, -0.15) is 0 Å². The molecule has 3 aromatic rings. The molecule has 3 nitrogen and oxygen atoms in total. The van der Waals surface area contributed by atoms with Crippen molar-refractivity contribution in [2.45, 2.75) is 13.5 Å². The Balaban J connectivity index is 1.83. The topological polar surface area (TPSA) is 40.5 Å². The number of fused-ring (bicyclic) bond motifs is 1. The Hall–Kier alpha value is -2.81. The molecule has 0 saturated carbocycles. The molecular weight excluding hydrogens is 286 g/mol. The maximum Gasteiger partial charge on any atom is 0.257 e. The van der Waals surface area contributed by atoms with Gasteiger partial charge in [0.2, 0.25) is 0 Å². The molecule has 0 saturated heterocycles. The van der Waals surface area contributed by atoms with E-state index in [1.165, 1.54) is 5.39 Å². The first-order valence-corrected chi connectivity index (χ1v) is 7.57. The molecule has 0 bridgehead atoms. The highest BCUT2D eigenvalue weighted by Gasteiger charge is 2.16. The van der Waals surface area contributed by atoms with Gasteiger partial charge in [0, 0.05) is 13.6 Å². The summed E-state index contributed by atoms with van der Waals surface area (Å²) in [4.78, 5) is 14.2. The zero-order valence-electron chi connectivity index (χ0n) is 13.3. The molecule has 0 fully saturated rings. The lowest BCUT2D eigenvalue weighted by Gasteiger charge is -2.18. The van der Waals surface area contributed by atoms with Crippen LogP contribution in [0.15, 0.2) is 60.7 Å². The molecule has 1 amide bonds. The second-order valence-electron chi connectivity index (χ2n) is 5.86. The molecule has 0 atom stereocenters. The fourth-order valence-corrected chi connectivity index (χ4v) is 2.71. The van der Waals surface area contributed by atoms with Crippen LogP contribution in [-0.2, 0) is 6.54 Å². The van der Waals surface area contributed by atoms with Crippen molar-refractivity contribution in [2.24, 2.45) is 0 Å². The van der Waals surface area contributed by atoms with Crippen LogP contribution < -0.4 is 0 Å². The van der Waals surface area contributed by atoms with Crippen LogP contribution in [0.1, 0.15) is 21.5 Å². The molecule has 3 rings (SSSR count). The molecule has 0 aliphatic carbocycles. The van der Waals surface area contributed by atoms with E-state index in [2.05, 4.69) is 24.3 Å². The fraction of sp³-hybridized carbons (Fsp3) is 0.150. The average Bonchev–Trinajstić information content (AvgIpc) is 2.56. The number of nitrogens with zero attached hydrogens (tertiary/aromatic N) is 1. The molecule has 3 heteroatoms. The van der Waals surface area contributed by atoms with Crippen LogP contribution in [0.2, 0.25) is 0 Å². The van der Waals surface area contributed by atoms with E-state index < -0.39 is 0 Å². The van der Waals surface area contributed by atoms with Gasteiger partial charge in [-0.05, 0) is 41.5 Å². The number of phenolic OH excluding ortho intramolecular Hbond substituents is 1. The van der Waals surface area contributed by atoms with Crippen LogP contribution in [-0.4, -0.2) is 23.0 Å². The summed E-state index contributed by atoms with van der Waals surface area (Å²) in [5.41, 5.74) is 2.35.